The van der Waals surface area contributed by atoms with Crippen LogP contribution >= 0.6 is 0 Å². The van der Waals surface area contributed by atoms with Crippen LogP contribution in [0.1, 0.15) is 16.9 Å². The molecule has 0 aliphatic carbocycles. The van der Waals surface area contributed by atoms with Gasteiger partial charge in [-0.3, -0.25) is 14.9 Å². The average molecular weight is 465 g/mol. The maximum absolute atomic E-state index is 13.1. The van der Waals surface area contributed by atoms with Gasteiger partial charge in [0.2, 0.25) is 10.0 Å². The number of rotatable bonds is 4. The fourth-order valence-corrected chi connectivity index (χ4v) is 3.91. The van der Waals surface area contributed by atoms with Gasteiger partial charge in [0.1, 0.15) is 17.1 Å². The van der Waals surface area contributed by atoms with Crippen molar-refractivity contribution in [3.8, 4) is 11.3 Å². The van der Waals surface area contributed by atoms with Crippen molar-refractivity contribution in [3.63, 3.8) is 0 Å². The highest BCUT2D eigenvalue weighted by Gasteiger charge is 2.37. The van der Waals surface area contributed by atoms with Gasteiger partial charge in [-0.05, 0) is 73.5 Å². The summed E-state index contributed by atoms with van der Waals surface area (Å²) in [7, 11) is -3.82. The van der Waals surface area contributed by atoms with E-state index in [0.717, 1.165) is 16.0 Å². The van der Waals surface area contributed by atoms with E-state index in [2.05, 4.69) is 5.32 Å². The van der Waals surface area contributed by atoms with Gasteiger partial charge >= 0.3 is 6.03 Å². The minimum Gasteiger partial charge on any atom is -0.457 e. The predicted octanol–water partition coefficient (Wildman–Crippen LogP) is 2.88. The number of sulfonamides is 1. The number of nitrogens with one attached hydrogen (secondary N) is 1. The van der Waals surface area contributed by atoms with Crippen LogP contribution in [-0.2, 0) is 19.6 Å². The van der Waals surface area contributed by atoms with Gasteiger partial charge in [0.05, 0.1) is 10.6 Å². The summed E-state index contributed by atoms with van der Waals surface area (Å²) in [6.07, 6.45) is 1.25. The lowest BCUT2D eigenvalue weighted by Crippen LogP contribution is -2.54. The normalized spacial score (nSPS) is 15.8. The van der Waals surface area contributed by atoms with Crippen molar-refractivity contribution in [1.82, 2.24) is 5.32 Å². The molecular formula is C23H19N3O6S. The molecule has 0 spiro atoms. The molecule has 168 valence electrons. The number of hydrogen-bond donors (Lipinski definition) is 2. The molecule has 0 atom stereocenters. The fraction of sp³-hybridized carbons (Fsp3) is 0.0870. The van der Waals surface area contributed by atoms with Crippen molar-refractivity contribution in [2.75, 3.05) is 4.90 Å². The Hall–Kier alpha value is -4.02. The molecule has 2 heterocycles. The van der Waals surface area contributed by atoms with Gasteiger partial charge < -0.3 is 4.42 Å². The number of amides is 4. The second-order valence-corrected chi connectivity index (χ2v) is 9.01. The van der Waals surface area contributed by atoms with Crippen molar-refractivity contribution in [3.05, 3.63) is 77.1 Å². The van der Waals surface area contributed by atoms with E-state index in [0.29, 0.717) is 17.0 Å². The van der Waals surface area contributed by atoms with E-state index in [1.807, 2.05) is 13.0 Å². The predicted molar refractivity (Wildman–Crippen MR) is 120 cm³/mol. The Labute approximate surface area is 189 Å². The summed E-state index contributed by atoms with van der Waals surface area (Å²) in [4.78, 5) is 38.8. The lowest BCUT2D eigenvalue weighted by Gasteiger charge is -2.27. The molecule has 4 amide bonds. The summed E-state index contributed by atoms with van der Waals surface area (Å²) in [6, 6.07) is 13.3. The number of urea groups is 1. The molecular weight excluding hydrogens is 446 g/mol. The SMILES string of the molecule is Cc1cccc(N2C(=O)NC(=O)/C(=C/c3ccc(-c4ccc(S(N)(=O)=O)cc4)o3)C2=O)c1C. The maximum atomic E-state index is 13.1. The summed E-state index contributed by atoms with van der Waals surface area (Å²) >= 11 is 0. The molecule has 0 radical (unpaired) electrons. The summed E-state index contributed by atoms with van der Waals surface area (Å²) in [5, 5.41) is 7.29. The first-order valence-corrected chi connectivity index (χ1v) is 11.3. The molecule has 1 aromatic heterocycles. The topological polar surface area (TPSA) is 140 Å². The molecule has 0 unspecified atom stereocenters. The second-order valence-electron chi connectivity index (χ2n) is 7.45. The molecule has 0 saturated carbocycles. The number of anilines is 1. The van der Waals surface area contributed by atoms with E-state index >= 15 is 0 Å². The first kappa shape index (κ1) is 22.2. The van der Waals surface area contributed by atoms with Crippen LogP contribution in [0.4, 0.5) is 10.5 Å². The molecule has 3 aromatic rings. The van der Waals surface area contributed by atoms with E-state index in [4.69, 9.17) is 9.56 Å². The second kappa shape index (κ2) is 8.15. The highest BCUT2D eigenvalue weighted by Crippen LogP contribution is 2.28. The Morgan fingerprint density at radius 1 is 0.970 bits per heavy atom. The van der Waals surface area contributed by atoms with E-state index in [1.165, 1.54) is 30.3 Å². The molecule has 2 aromatic carbocycles. The zero-order chi connectivity index (χ0) is 23.9. The lowest BCUT2D eigenvalue weighted by atomic mass is 10.0. The van der Waals surface area contributed by atoms with Crippen molar-refractivity contribution in [2.45, 2.75) is 18.7 Å². The Bertz CT molecular complexity index is 1440. The van der Waals surface area contributed by atoms with E-state index in [1.54, 1.807) is 31.2 Å². The van der Waals surface area contributed by atoms with E-state index < -0.39 is 27.9 Å². The Morgan fingerprint density at radius 3 is 2.33 bits per heavy atom. The number of carbonyl (C=O) groups excluding carboxylic acids is 3. The summed E-state index contributed by atoms with van der Waals surface area (Å²) in [5.41, 5.74) is 2.31. The molecule has 4 rings (SSSR count). The molecule has 0 bridgehead atoms. The highest BCUT2D eigenvalue weighted by atomic mass is 32.2. The zero-order valence-corrected chi connectivity index (χ0v) is 18.5. The number of primary sulfonamides is 1. The Balaban J connectivity index is 1.67. The molecule has 10 heteroatoms. The zero-order valence-electron chi connectivity index (χ0n) is 17.7. The van der Waals surface area contributed by atoms with Gasteiger partial charge in [0, 0.05) is 5.56 Å². The number of nitrogens with two attached hydrogens (primary N) is 1. The molecule has 1 saturated heterocycles. The first-order valence-electron chi connectivity index (χ1n) is 9.77. The van der Waals surface area contributed by atoms with Crippen LogP contribution in [0.15, 0.2) is 69.5 Å². The third-order valence-corrected chi connectivity index (χ3v) is 6.23. The van der Waals surface area contributed by atoms with Gasteiger partial charge in [-0.15, -0.1) is 0 Å². The first-order chi connectivity index (χ1) is 15.6. The van der Waals surface area contributed by atoms with Crippen molar-refractivity contribution >= 4 is 39.6 Å². The van der Waals surface area contributed by atoms with Gasteiger partial charge in [0.25, 0.3) is 11.8 Å². The standard InChI is InChI=1S/C23H19N3O6S/c1-13-4-3-5-19(14(13)2)26-22(28)18(21(27)25-23(26)29)12-16-8-11-20(32-16)15-6-9-17(10-7-15)33(24,30)31/h3-12H,1-2H3,(H2,24,30,31)(H,25,27,29)/b18-12-. The summed E-state index contributed by atoms with van der Waals surface area (Å²) in [6.45, 7) is 3.64. The Kier molecular flexibility index (Phi) is 5.48. The van der Waals surface area contributed by atoms with Crippen molar-refractivity contribution < 1.29 is 27.2 Å². The number of hydrogen-bond acceptors (Lipinski definition) is 6. The fourth-order valence-electron chi connectivity index (χ4n) is 3.39. The van der Waals surface area contributed by atoms with Crippen LogP contribution in [0.25, 0.3) is 17.4 Å². The summed E-state index contributed by atoms with van der Waals surface area (Å²) in [5.74, 6) is -1.02. The minimum atomic E-state index is -3.82. The molecule has 3 N–H and O–H groups in total. The third kappa shape index (κ3) is 4.21. The smallest absolute Gasteiger partial charge is 0.335 e. The third-order valence-electron chi connectivity index (χ3n) is 5.30. The van der Waals surface area contributed by atoms with Crippen LogP contribution in [0.3, 0.4) is 0 Å². The minimum absolute atomic E-state index is 0.0409. The molecule has 1 fully saturated rings. The number of furan rings is 1. The van der Waals surface area contributed by atoms with Crippen LogP contribution in [-0.4, -0.2) is 26.3 Å². The molecule has 1 aliphatic rings. The van der Waals surface area contributed by atoms with Gasteiger partial charge in [-0.1, -0.05) is 12.1 Å². The van der Waals surface area contributed by atoms with E-state index in [9.17, 15) is 22.8 Å². The van der Waals surface area contributed by atoms with Crippen LogP contribution in [0.5, 0.6) is 0 Å². The van der Waals surface area contributed by atoms with Gasteiger partial charge in [0.15, 0.2) is 0 Å². The monoisotopic (exact) mass is 465 g/mol. The quantitative estimate of drug-likeness (QED) is 0.449. The van der Waals surface area contributed by atoms with Crippen LogP contribution in [0.2, 0.25) is 0 Å². The van der Waals surface area contributed by atoms with Crippen molar-refractivity contribution in [2.24, 2.45) is 5.14 Å². The maximum Gasteiger partial charge on any atom is 0.335 e. The number of nitrogens with zero attached hydrogens (tertiary/aromatic N) is 1. The Morgan fingerprint density at radius 2 is 1.67 bits per heavy atom. The van der Waals surface area contributed by atoms with Gasteiger partial charge in [-0.25, -0.2) is 23.3 Å². The van der Waals surface area contributed by atoms with E-state index in [-0.39, 0.29) is 16.2 Å². The van der Waals surface area contributed by atoms with Crippen LogP contribution in [0, 0.1) is 13.8 Å². The summed E-state index contributed by atoms with van der Waals surface area (Å²) < 4.78 is 28.5. The molecule has 33 heavy (non-hydrogen) atoms. The van der Waals surface area contributed by atoms with Gasteiger partial charge in [-0.2, -0.15) is 0 Å². The molecule has 9 nitrogen and oxygen atoms in total. The lowest BCUT2D eigenvalue weighted by molar-refractivity contribution is -0.122. The molecule has 1 aliphatic heterocycles. The van der Waals surface area contributed by atoms with Crippen molar-refractivity contribution in [1.29, 1.82) is 0 Å². The highest BCUT2D eigenvalue weighted by molar-refractivity contribution is 7.89. The number of benzene rings is 2. The number of aryl methyl sites for hydroxylation is 1. The average Bonchev–Trinajstić information content (AvgIpc) is 3.22. The number of imide groups is 2. The largest absolute Gasteiger partial charge is 0.457 e. The number of barbiturate groups is 1. The number of carbonyl (C=O) groups is 3. The van der Waals surface area contributed by atoms with Crippen LogP contribution < -0.4 is 15.4 Å².